The summed E-state index contributed by atoms with van der Waals surface area (Å²) in [4.78, 5) is 22.9. The van der Waals surface area contributed by atoms with Gasteiger partial charge in [-0.15, -0.1) is 6.58 Å². The van der Waals surface area contributed by atoms with Crippen LogP contribution in [0.2, 0.25) is 5.02 Å². The summed E-state index contributed by atoms with van der Waals surface area (Å²) < 4.78 is 11.1. The largest absolute Gasteiger partial charge is 0.493 e. The summed E-state index contributed by atoms with van der Waals surface area (Å²) in [5, 5.41) is 6.73. The topological polar surface area (TPSA) is 89.0 Å². The van der Waals surface area contributed by atoms with Gasteiger partial charge < -0.3 is 14.8 Å². The van der Waals surface area contributed by atoms with Crippen LogP contribution in [-0.2, 0) is 16.2 Å². The number of carbonyl (C=O) groups is 2. The molecule has 2 amide bonds. The predicted molar refractivity (Wildman–Crippen MR) is 108 cm³/mol. The number of carbonyl (C=O) groups excluding carboxylic acids is 2. The molecule has 2 aromatic carbocycles. The van der Waals surface area contributed by atoms with Crippen molar-refractivity contribution in [1.29, 1.82) is 0 Å². The van der Waals surface area contributed by atoms with Gasteiger partial charge in [0.05, 0.1) is 13.3 Å². The van der Waals surface area contributed by atoms with Crippen molar-refractivity contribution in [1.82, 2.24) is 10.7 Å². The normalized spacial score (nSPS) is 10.4. The van der Waals surface area contributed by atoms with Crippen LogP contribution in [0.5, 0.6) is 11.5 Å². The lowest BCUT2D eigenvalue weighted by molar-refractivity contribution is -0.139. The van der Waals surface area contributed by atoms with Gasteiger partial charge in [0.25, 0.3) is 0 Å². The maximum atomic E-state index is 11.5. The maximum absolute atomic E-state index is 11.5. The van der Waals surface area contributed by atoms with Crippen molar-refractivity contribution >= 4 is 29.6 Å². The van der Waals surface area contributed by atoms with Crippen LogP contribution in [0.1, 0.15) is 11.1 Å². The predicted octanol–water partition coefficient (Wildman–Crippen LogP) is 2.68. The molecule has 0 aliphatic heterocycles. The second-order valence-corrected chi connectivity index (χ2v) is 5.90. The molecule has 0 aliphatic carbocycles. The van der Waals surface area contributed by atoms with Gasteiger partial charge in [-0.1, -0.05) is 35.9 Å². The summed E-state index contributed by atoms with van der Waals surface area (Å²) >= 11 is 6.13. The highest BCUT2D eigenvalue weighted by atomic mass is 35.5. The van der Waals surface area contributed by atoms with E-state index in [-0.39, 0.29) is 6.54 Å². The highest BCUT2D eigenvalue weighted by molar-refractivity contribution is 6.35. The second kappa shape index (κ2) is 10.7. The van der Waals surface area contributed by atoms with Gasteiger partial charge in [0, 0.05) is 17.1 Å². The van der Waals surface area contributed by atoms with E-state index < -0.39 is 11.8 Å². The second-order valence-electron chi connectivity index (χ2n) is 5.49. The fourth-order valence-electron chi connectivity index (χ4n) is 2.12. The standard InChI is InChI=1S/C20H20ClN3O4/c1-3-10-22-19(25)20(26)24-23-12-14-8-9-17(18(11-14)27-2)28-13-15-6-4-5-7-16(15)21/h3-9,11-12H,1,10,13H2,2H3,(H,22,25)(H,24,26)/b23-12+. The van der Waals surface area contributed by atoms with Gasteiger partial charge in [-0.3, -0.25) is 9.59 Å². The van der Waals surface area contributed by atoms with Gasteiger partial charge in [-0.05, 0) is 29.8 Å². The van der Waals surface area contributed by atoms with Crippen LogP contribution in [0.3, 0.4) is 0 Å². The molecular formula is C20H20ClN3O4. The molecule has 0 aromatic heterocycles. The van der Waals surface area contributed by atoms with E-state index in [9.17, 15) is 9.59 Å². The molecule has 8 heteroatoms. The minimum absolute atomic E-state index is 0.197. The van der Waals surface area contributed by atoms with Crippen LogP contribution in [0.15, 0.2) is 60.2 Å². The average molecular weight is 402 g/mol. The molecule has 0 bridgehead atoms. The Morgan fingerprint density at radius 1 is 1.18 bits per heavy atom. The number of rotatable bonds is 8. The van der Waals surface area contributed by atoms with E-state index in [2.05, 4.69) is 22.4 Å². The van der Waals surface area contributed by atoms with E-state index in [1.807, 2.05) is 18.2 Å². The smallest absolute Gasteiger partial charge is 0.329 e. The number of benzene rings is 2. The lowest BCUT2D eigenvalue weighted by Crippen LogP contribution is -2.37. The molecule has 28 heavy (non-hydrogen) atoms. The van der Waals surface area contributed by atoms with Gasteiger partial charge in [0.1, 0.15) is 6.61 Å². The van der Waals surface area contributed by atoms with E-state index >= 15 is 0 Å². The monoisotopic (exact) mass is 401 g/mol. The Morgan fingerprint density at radius 2 is 1.96 bits per heavy atom. The van der Waals surface area contributed by atoms with Crippen molar-refractivity contribution in [2.75, 3.05) is 13.7 Å². The number of amides is 2. The molecular weight excluding hydrogens is 382 g/mol. The Morgan fingerprint density at radius 3 is 2.68 bits per heavy atom. The quantitative estimate of drug-likeness (QED) is 0.308. The number of nitrogens with one attached hydrogen (secondary N) is 2. The fourth-order valence-corrected chi connectivity index (χ4v) is 2.31. The SMILES string of the molecule is C=CCNC(=O)C(=O)N/N=C/c1ccc(OCc2ccccc2Cl)c(OC)c1. The van der Waals surface area contributed by atoms with Crippen LogP contribution in [0, 0.1) is 0 Å². The summed E-state index contributed by atoms with van der Waals surface area (Å²) in [5.41, 5.74) is 3.65. The molecule has 2 aromatic rings. The van der Waals surface area contributed by atoms with Crippen LogP contribution in [0.25, 0.3) is 0 Å². The van der Waals surface area contributed by atoms with E-state index in [4.69, 9.17) is 21.1 Å². The number of hydrazone groups is 1. The Labute approximate surface area is 168 Å². The van der Waals surface area contributed by atoms with Gasteiger partial charge in [0.15, 0.2) is 11.5 Å². The third-order valence-corrected chi connectivity index (χ3v) is 3.89. The first-order valence-electron chi connectivity index (χ1n) is 8.31. The molecule has 0 atom stereocenters. The molecule has 0 radical (unpaired) electrons. The number of nitrogens with zero attached hydrogens (tertiary/aromatic N) is 1. The van der Waals surface area contributed by atoms with E-state index in [0.29, 0.717) is 28.7 Å². The first kappa shape index (κ1) is 21.0. The Bertz CT molecular complexity index is 884. The Balaban J connectivity index is 1.98. The average Bonchev–Trinajstić information content (AvgIpc) is 2.71. The summed E-state index contributed by atoms with van der Waals surface area (Å²) in [6.07, 6.45) is 2.86. The molecule has 0 saturated carbocycles. The van der Waals surface area contributed by atoms with E-state index in [1.54, 1.807) is 24.3 Å². The van der Waals surface area contributed by atoms with Gasteiger partial charge in [-0.25, -0.2) is 5.43 Å². The van der Waals surface area contributed by atoms with Crippen molar-refractivity contribution in [2.24, 2.45) is 5.10 Å². The number of ether oxygens (including phenoxy) is 2. The molecule has 2 N–H and O–H groups in total. The minimum atomic E-state index is -0.871. The van der Waals surface area contributed by atoms with Crippen molar-refractivity contribution < 1.29 is 19.1 Å². The summed E-state index contributed by atoms with van der Waals surface area (Å²) in [5.74, 6) is -0.638. The summed E-state index contributed by atoms with van der Waals surface area (Å²) in [6.45, 7) is 3.94. The lowest BCUT2D eigenvalue weighted by Gasteiger charge is -2.12. The molecule has 0 spiro atoms. The lowest BCUT2D eigenvalue weighted by atomic mass is 10.2. The molecule has 0 aliphatic rings. The van der Waals surface area contributed by atoms with Gasteiger partial charge in [-0.2, -0.15) is 5.10 Å². The Kier molecular flexibility index (Phi) is 8.05. The van der Waals surface area contributed by atoms with Crippen LogP contribution >= 0.6 is 11.6 Å². The number of hydrogen-bond acceptors (Lipinski definition) is 5. The molecule has 0 fully saturated rings. The summed E-state index contributed by atoms with van der Waals surface area (Å²) in [6, 6.07) is 12.5. The Hall–Kier alpha value is -3.32. The third-order valence-electron chi connectivity index (χ3n) is 3.52. The van der Waals surface area contributed by atoms with Crippen LogP contribution in [0.4, 0.5) is 0 Å². The van der Waals surface area contributed by atoms with Crippen LogP contribution < -0.4 is 20.2 Å². The number of hydrogen-bond donors (Lipinski definition) is 2. The fraction of sp³-hybridized carbons (Fsp3) is 0.150. The zero-order valence-electron chi connectivity index (χ0n) is 15.3. The first-order valence-corrected chi connectivity index (χ1v) is 8.69. The first-order chi connectivity index (χ1) is 13.5. The number of halogens is 1. The molecule has 146 valence electrons. The number of methoxy groups -OCH3 is 1. The van der Waals surface area contributed by atoms with Crippen molar-refractivity contribution in [2.45, 2.75) is 6.61 Å². The van der Waals surface area contributed by atoms with E-state index in [0.717, 1.165) is 5.56 Å². The van der Waals surface area contributed by atoms with Gasteiger partial charge in [0.2, 0.25) is 0 Å². The summed E-state index contributed by atoms with van der Waals surface area (Å²) in [7, 11) is 1.52. The highest BCUT2D eigenvalue weighted by Crippen LogP contribution is 2.29. The maximum Gasteiger partial charge on any atom is 0.329 e. The van der Waals surface area contributed by atoms with Gasteiger partial charge >= 0.3 is 11.8 Å². The van der Waals surface area contributed by atoms with E-state index in [1.165, 1.54) is 19.4 Å². The van der Waals surface area contributed by atoms with Crippen LogP contribution in [-0.4, -0.2) is 31.7 Å². The highest BCUT2D eigenvalue weighted by Gasteiger charge is 2.11. The molecule has 2 rings (SSSR count). The molecule has 7 nitrogen and oxygen atoms in total. The van der Waals surface area contributed by atoms with Crippen molar-refractivity contribution in [3.63, 3.8) is 0 Å². The van der Waals surface area contributed by atoms with Crippen molar-refractivity contribution in [3.05, 3.63) is 71.3 Å². The zero-order valence-corrected chi connectivity index (χ0v) is 16.0. The third kappa shape index (κ3) is 6.14. The minimum Gasteiger partial charge on any atom is -0.493 e. The molecule has 0 saturated heterocycles. The van der Waals surface area contributed by atoms with Crippen molar-refractivity contribution in [3.8, 4) is 11.5 Å². The molecule has 0 heterocycles. The molecule has 0 unspecified atom stereocenters. The zero-order chi connectivity index (χ0) is 20.4.